The number of rotatable bonds is 23. The summed E-state index contributed by atoms with van der Waals surface area (Å²) in [4.78, 5) is 42.5. The molecular weight excluding hydrogens is 781 g/mol. The molecule has 1 unspecified atom stereocenters. The van der Waals surface area contributed by atoms with Crippen LogP contribution in [0.5, 0.6) is 0 Å². The molecule has 5 N–H and O–H groups in total. The van der Waals surface area contributed by atoms with Gasteiger partial charge in [-0.1, -0.05) is 82.0 Å². The van der Waals surface area contributed by atoms with Crippen molar-refractivity contribution in [1.29, 1.82) is 0 Å². The summed E-state index contributed by atoms with van der Waals surface area (Å²) in [5, 5.41) is 9.71. The molecule has 1 heterocycles. The molecule has 0 spiro atoms. The zero-order valence-corrected chi connectivity index (χ0v) is 35.4. The minimum atomic E-state index is -0.414. The molecule has 0 saturated heterocycles. The number of ether oxygens (including phenoxy) is 1. The average Bonchev–Trinajstić information content (AvgIpc) is 3.12. The van der Waals surface area contributed by atoms with Crippen molar-refractivity contribution in [1.82, 2.24) is 16.0 Å². The number of para-hydroxylation sites is 1. The third-order valence-electron chi connectivity index (χ3n) is 9.92. The van der Waals surface area contributed by atoms with Gasteiger partial charge in [0, 0.05) is 30.5 Å². The van der Waals surface area contributed by atoms with E-state index in [0.29, 0.717) is 38.4 Å². The Morgan fingerprint density at radius 2 is 1.60 bits per heavy atom. The predicted octanol–water partition coefficient (Wildman–Crippen LogP) is 3.92. The van der Waals surface area contributed by atoms with Crippen LogP contribution >= 0.6 is 0 Å². The van der Waals surface area contributed by atoms with Crippen LogP contribution < -0.4 is 48.2 Å². The number of fused-ring (bicyclic) bond motifs is 2. The quantitative estimate of drug-likeness (QED) is 0.0758. The zero-order valence-electron chi connectivity index (χ0n) is 33.2. The van der Waals surface area contributed by atoms with Gasteiger partial charge in [-0.25, -0.2) is 0 Å². The number of anilines is 1. The van der Waals surface area contributed by atoms with Gasteiger partial charge in [-0.05, 0) is 24.0 Å². The van der Waals surface area contributed by atoms with Gasteiger partial charge in [-0.2, -0.15) is 0 Å². The van der Waals surface area contributed by atoms with E-state index in [1.165, 1.54) is 19.3 Å². The number of alkyl halides is 1. The van der Waals surface area contributed by atoms with Crippen LogP contribution in [0.3, 0.4) is 0 Å². The van der Waals surface area contributed by atoms with Gasteiger partial charge in [0.15, 0.2) is 0 Å². The molecule has 0 radical (unpaired) electrons. The third-order valence-corrected chi connectivity index (χ3v) is 10.9. The molecule has 2 aromatic rings. The molecular formula is C42H65IN5O5-. The molecule has 10 nitrogen and oxygen atoms in total. The fourth-order valence-corrected chi connectivity index (χ4v) is 7.02. The summed E-state index contributed by atoms with van der Waals surface area (Å²) < 4.78 is 11.8. The molecule has 0 aromatic heterocycles. The second-order valence-electron chi connectivity index (χ2n) is 15.3. The molecule has 3 rings (SSSR count). The van der Waals surface area contributed by atoms with Crippen LogP contribution in [-0.4, -0.2) is 60.1 Å². The molecule has 1 atom stereocenters. The number of hydrogen-bond acceptors (Lipinski definition) is 7. The minimum absolute atomic E-state index is 0.0933. The fourth-order valence-electron chi connectivity index (χ4n) is 6.43. The van der Waals surface area contributed by atoms with Crippen molar-refractivity contribution in [3.05, 3.63) is 65.2 Å². The standard InChI is InChI=1S/C42H65IN5O5/c1-8-42(6,52-28-25-41(4,5)47-37(50)30-53-43-7)24-27-46-40-33-19-13-12-18-32(33)29-48(35-21-15-14-20-34(35)39(40)44)38(51)23-22-36(49)45-26-16-10-9-11-17-31(2)3/h12-15,18-21,31,46H,8-11,16-17,22-30,44H2,1-7H3,(H,45,49)(H,47,50)/q-1/b40-39-. The SMILES string of the molecule is CCC(C)(CCN/C1=C(\N)c2ccccc2N(C(=O)CCC(=O)NCCCCCCC(C)C)Cc2ccccc21)OCCC(C)(C)NC(=O)CO[I-]C. The Hall–Kier alpha value is -3.16. The molecule has 0 bridgehead atoms. The topological polar surface area (TPSA) is 135 Å². The summed E-state index contributed by atoms with van der Waals surface area (Å²) in [7, 11) is 0. The van der Waals surface area contributed by atoms with E-state index in [2.05, 4.69) is 43.6 Å². The average molecular weight is 847 g/mol. The first-order valence-electron chi connectivity index (χ1n) is 19.3. The Kier molecular flexibility index (Phi) is 18.6. The summed E-state index contributed by atoms with van der Waals surface area (Å²) in [5.41, 5.74) is 11.0. The van der Waals surface area contributed by atoms with Crippen molar-refractivity contribution in [3.8, 4) is 0 Å². The van der Waals surface area contributed by atoms with Gasteiger partial charge >= 0.3 is 134 Å². The molecule has 0 fully saturated rings. The van der Waals surface area contributed by atoms with Crippen LogP contribution in [0.1, 0.15) is 122 Å². The predicted molar refractivity (Wildman–Crippen MR) is 211 cm³/mol. The second kappa shape index (κ2) is 22.3. The summed E-state index contributed by atoms with van der Waals surface area (Å²) in [6, 6.07) is 15.7. The van der Waals surface area contributed by atoms with Crippen LogP contribution in [0.25, 0.3) is 11.4 Å². The maximum absolute atomic E-state index is 13.8. The van der Waals surface area contributed by atoms with Crippen molar-refractivity contribution in [2.45, 2.75) is 123 Å². The van der Waals surface area contributed by atoms with Crippen LogP contribution in [0.4, 0.5) is 5.69 Å². The van der Waals surface area contributed by atoms with E-state index < -0.39 is 5.54 Å². The van der Waals surface area contributed by atoms with Gasteiger partial charge in [-0.15, -0.1) is 0 Å². The van der Waals surface area contributed by atoms with E-state index in [1.807, 2.05) is 67.3 Å². The van der Waals surface area contributed by atoms with Crippen molar-refractivity contribution in [2.75, 3.05) is 36.1 Å². The Bertz CT molecular complexity index is 1510. The Morgan fingerprint density at radius 1 is 0.906 bits per heavy atom. The number of nitrogens with two attached hydrogens (primary N) is 1. The number of nitrogens with one attached hydrogen (secondary N) is 3. The van der Waals surface area contributed by atoms with E-state index in [4.69, 9.17) is 13.5 Å². The molecule has 0 aliphatic carbocycles. The number of amides is 3. The third kappa shape index (κ3) is 14.9. The van der Waals surface area contributed by atoms with Gasteiger partial charge in [0.1, 0.15) is 0 Å². The number of hydrogen-bond donors (Lipinski definition) is 4. The molecule has 0 saturated carbocycles. The number of nitrogens with zero attached hydrogens (tertiary/aromatic N) is 1. The second-order valence-corrected chi connectivity index (χ2v) is 16.8. The van der Waals surface area contributed by atoms with Gasteiger partial charge in [-0.3, -0.25) is 9.59 Å². The van der Waals surface area contributed by atoms with E-state index in [-0.39, 0.29) is 64.4 Å². The first-order chi connectivity index (χ1) is 25.3. The number of carbonyl (C=O) groups is 3. The van der Waals surface area contributed by atoms with E-state index in [0.717, 1.165) is 59.7 Å². The van der Waals surface area contributed by atoms with Gasteiger partial charge in [0.2, 0.25) is 11.8 Å². The van der Waals surface area contributed by atoms with Crippen molar-refractivity contribution in [2.24, 2.45) is 11.7 Å². The van der Waals surface area contributed by atoms with Gasteiger partial charge < -0.3 is 16.0 Å². The number of unbranched alkanes of at least 4 members (excludes halogenated alkanes) is 3. The molecule has 1 aliphatic heterocycles. The van der Waals surface area contributed by atoms with Gasteiger partial charge in [0.05, 0.1) is 23.6 Å². The number of carbonyl (C=O) groups excluding carboxylic acids is 3. The molecule has 11 heteroatoms. The van der Waals surface area contributed by atoms with Crippen molar-refractivity contribution >= 4 is 34.8 Å². The Labute approximate surface area is 329 Å². The number of halogens is 1. The van der Waals surface area contributed by atoms with E-state index in [9.17, 15) is 14.4 Å². The summed E-state index contributed by atoms with van der Waals surface area (Å²) in [5.74, 6) is 0.416. The van der Waals surface area contributed by atoms with Gasteiger partial charge in [0.25, 0.3) is 0 Å². The first-order valence-corrected chi connectivity index (χ1v) is 22.4. The maximum atomic E-state index is 13.8. The van der Waals surface area contributed by atoms with Crippen molar-refractivity contribution < 1.29 is 43.8 Å². The van der Waals surface area contributed by atoms with E-state index >= 15 is 0 Å². The van der Waals surface area contributed by atoms with Crippen molar-refractivity contribution in [3.63, 3.8) is 0 Å². The number of benzene rings is 2. The summed E-state index contributed by atoms with van der Waals surface area (Å²) >= 11 is -0.388. The summed E-state index contributed by atoms with van der Waals surface area (Å²) in [6.07, 6.45) is 8.18. The zero-order chi connectivity index (χ0) is 38.9. The molecule has 3 amide bonds. The van der Waals surface area contributed by atoms with Crippen LogP contribution in [0.2, 0.25) is 0 Å². The first kappa shape index (κ1) is 44.2. The Morgan fingerprint density at radius 3 is 2.32 bits per heavy atom. The Balaban J connectivity index is 1.67. The van der Waals surface area contributed by atoms with Crippen LogP contribution in [0.15, 0.2) is 48.5 Å². The normalized spacial score (nSPS) is 15.6. The fraction of sp³-hybridized carbons (Fsp3) is 0.595. The van der Waals surface area contributed by atoms with E-state index in [1.54, 1.807) is 4.90 Å². The van der Waals surface area contributed by atoms with Crippen LogP contribution in [0, 0.1) is 5.92 Å². The molecule has 2 aromatic carbocycles. The molecule has 53 heavy (non-hydrogen) atoms. The molecule has 296 valence electrons. The monoisotopic (exact) mass is 846 g/mol. The molecule has 1 aliphatic rings. The van der Waals surface area contributed by atoms with Crippen LogP contribution in [-0.2, 0) is 28.7 Å². The summed E-state index contributed by atoms with van der Waals surface area (Å²) in [6.45, 7) is 15.0.